The molecule has 0 spiro atoms. The number of anilines is 1. The van der Waals surface area contributed by atoms with Crippen LogP contribution in [0.1, 0.15) is 35.3 Å². The molecule has 0 aromatic carbocycles. The fraction of sp³-hybridized carbons (Fsp3) is 0.333. The van der Waals surface area contributed by atoms with Gasteiger partial charge in [-0.1, -0.05) is 18.5 Å². The Kier molecular flexibility index (Phi) is 2.07. The Labute approximate surface area is 86.5 Å². The van der Waals surface area contributed by atoms with Gasteiger partial charge >= 0.3 is 0 Å². The lowest BCUT2D eigenvalue weighted by molar-refractivity contribution is 0.0955. The number of nitrogens with two attached hydrogens (primary N) is 1. The summed E-state index contributed by atoms with van der Waals surface area (Å²) in [5.74, 6) is 0.156. The van der Waals surface area contributed by atoms with E-state index in [0.29, 0.717) is 10.7 Å². The van der Waals surface area contributed by atoms with Gasteiger partial charge in [0.2, 0.25) is 0 Å². The second kappa shape index (κ2) is 3.13. The Morgan fingerprint density at radius 3 is 3.07 bits per heavy atom. The monoisotopic (exact) mass is 211 g/mol. The van der Waals surface area contributed by atoms with Crippen molar-refractivity contribution in [1.29, 1.82) is 0 Å². The number of fused-ring (bicyclic) bond motifs is 1. The first-order valence-electron chi connectivity index (χ1n) is 4.40. The number of nitrogens with zero attached hydrogens (tertiary/aromatic N) is 1. The van der Waals surface area contributed by atoms with E-state index in [9.17, 15) is 4.79 Å². The molecule has 2 heterocycles. The molecule has 1 aliphatic rings. The highest BCUT2D eigenvalue weighted by atomic mass is 35.5. The highest BCUT2D eigenvalue weighted by Crippen LogP contribution is 2.33. The lowest BCUT2D eigenvalue weighted by atomic mass is 10.1. The molecule has 0 bridgehead atoms. The minimum atomic E-state index is -0.122. The van der Waals surface area contributed by atoms with E-state index in [-0.39, 0.29) is 17.8 Å². The van der Waals surface area contributed by atoms with Crippen LogP contribution in [0.4, 0.5) is 5.82 Å². The van der Waals surface area contributed by atoms with Crippen molar-refractivity contribution in [2.75, 3.05) is 5.73 Å². The Morgan fingerprint density at radius 2 is 2.43 bits per heavy atom. The Balaban J connectivity index is 2.62. The fourth-order valence-corrected chi connectivity index (χ4v) is 2.01. The molecule has 1 aliphatic heterocycles. The molecular weight excluding hydrogens is 202 g/mol. The predicted octanol–water partition coefficient (Wildman–Crippen LogP) is 1.51. The summed E-state index contributed by atoms with van der Waals surface area (Å²) >= 11 is 5.93. The van der Waals surface area contributed by atoms with Crippen molar-refractivity contribution in [3.63, 3.8) is 0 Å². The minimum Gasteiger partial charge on any atom is -0.384 e. The van der Waals surface area contributed by atoms with Crippen LogP contribution in [-0.4, -0.2) is 10.9 Å². The molecule has 0 fully saturated rings. The number of carbonyl (C=O) groups is 1. The van der Waals surface area contributed by atoms with E-state index in [0.717, 1.165) is 12.0 Å². The number of hydrogen-bond donors (Lipinski definition) is 2. The third-order valence-corrected chi connectivity index (χ3v) is 2.63. The van der Waals surface area contributed by atoms with Crippen molar-refractivity contribution in [3.8, 4) is 0 Å². The molecule has 0 saturated carbocycles. The number of nitrogen functional groups attached to an aromatic ring is 1. The summed E-state index contributed by atoms with van der Waals surface area (Å²) in [6.45, 7) is 1.98. The van der Waals surface area contributed by atoms with Gasteiger partial charge in [-0.3, -0.25) is 4.79 Å². The van der Waals surface area contributed by atoms with E-state index < -0.39 is 0 Å². The second-order valence-electron chi connectivity index (χ2n) is 3.23. The fourth-order valence-electron chi connectivity index (χ4n) is 1.68. The maximum Gasteiger partial charge on any atom is 0.252 e. The molecule has 1 aromatic rings. The van der Waals surface area contributed by atoms with Crippen molar-refractivity contribution in [1.82, 2.24) is 10.3 Å². The number of hydrogen-bond acceptors (Lipinski definition) is 3. The first-order chi connectivity index (χ1) is 6.63. The number of nitrogens with one attached hydrogen (secondary N) is 1. The first-order valence-corrected chi connectivity index (χ1v) is 4.78. The lowest BCUT2D eigenvalue weighted by Crippen LogP contribution is -2.18. The van der Waals surface area contributed by atoms with Gasteiger partial charge < -0.3 is 11.1 Å². The zero-order chi connectivity index (χ0) is 10.3. The van der Waals surface area contributed by atoms with Crippen molar-refractivity contribution in [3.05, 3.63) is 22.3 Å². The highest BCUT2D eigenvalue weighted by molar-refractivity contribution is 6.31. The minimum absolute atomic E-state index is 0.0295. The van der Waals surface area contributed by atoms with Gasteiger partial charge in [0.15, 0.2) is 0 Å². The number of rotatable bonds is 1. The van der Waals surface area contributed by atoms with Gasteiger partial charge in [0.05, 0.1) is 11.6 Å². The largest absolute Gasteiger partial charge is 0.384 e. The molecule has 0 saturated heterocycles. The lowest BCUT2D eigenvalue weighted by Gasteiger charge is -2.08. The molecule has 1 aromatic heterocycles. The maximum absolute atomic E-state index is 11.5. The van der Waals surface area contributed by atoms with Gasteiger partial charge in [-0.15, -0.1) is 0 Å². The summed E-state index contributed by atoms with van der Waals surface area (Å²) in [6, 6.07) is 1.53. The number of pyridine rings is 1. The molecule has 2 rings (SSSR count). The van der Waals surface area contributed by atoms with E-state index in [2.05, 4.69) is 10.3 Å². The van der Waals surface area contributed by atoms with E-state index >= 15 is 0 Å². The van der Waals surface area contributed by atoms with Gasteiger partial charge in [0.1, 0.15) is 11.0 Å². The average Bonchev–Trinajstić information content (AvgIpc) is 2.43. The van der Waals surface area contributed by atoms with Crippen molar-refractivity contribution in [2.45, 2.75) is 19.4 Å². The van der Waals surface area contributed by atoms with Crippen LogP contribution in [0.5, 0.6) is 0 Å². The summed E-state index contributed by atoms with van der Waals surface area (Å²) in [6.07, 6.45) is 0.796. The van der Waals surface area contributed by atoms with Crippen LogP contribution in [0.3, 0.4) is 0 Å². The van der Waals surface area contributed by atoms with Gasteiger partial charge in [-0.05, 0) is 12.5 Å². The van der Waals surface area contributed by atoms with Crippen LogP contribution < -0.4 is 11.1 Å². The van der Waals surface area contributed by atoms with Crippen molar-refractivity contribution in [2.24, 2.45) is 0 Å². The second-order valence-corrected chi connectivity index (χ2v) is 3.59. The van der Waals surface area contributed by atoms with Crippen molar-refractivity contribution >= 4 is 23.3 Å². The number of halogens is 1. The molecule has 3 N–H and O–H groups in total. The van der Waals surface area contributed by atoms with Crippen LogP contribution in [0.2, 0.25) is 5.15 Å². The van der Waals surface area contributed by atoms with E-state index in [1.54, 1.807) is 6.07 Å². The third-order valence-electron chi connectivity index (χ3n) is 2.34. The number of amides is 1. The van der Waals surface area contributed by atoms with Gasteiger partial charge in [-0.2, -0.15) is 0 Å². The predicted molar refractivity (Wildman–Crippen MR) is 54.2 cm³/mol. The van der Waals surface area contributed by atoms with E-state index in [4.69, 9.17) is 17.3 Å². The zero-order valence-electron chi connectivity index (χ0n) is 7.67. The Bertz CT molecular complexity index is 405. The maximum atomic E-state index is 11.5. The van der Waals surface area contributed by atoms with E-state index in [1.807, 2.05) is 6.92 Å². The SMILES string of the molecule is CCC1NC(=O)c2cc(N)nc(Cl)c21. The van der Waals surface area contributed by atoms with E-state index in [1.165, 1.54) is 0 Å². The van der Waals surface area contributed by atoms with Gasteiger partial charge in [0.25, 0.3) is 5.91 Å². The van der Waals surface area contributed by atoms with Crippen LogP contribution in [0, 0.1) is 0 Å². The summed E-state index contributed by atoms with van der Waals surface area (Å²) in [5, 5.41) is 3.14. The summed E-state index contributed by atoms with van der Waals surface area (Å²) < 4.78 is 0. The summed E-state index contributed by atoms with van der Waals surface area (Å²) in [4.78, 5) is 15.4. The normalized spacial score (nSPS) is 19.3. The molecular formula is C9H10ClN3O. The number of aromatic nitrogens is 1. The standard InChI is InChI=1S/C9H10ClN3O/c1-2-5-7-4(9(14)12-5)3-6(11)13-8(7)10/h3,5H,2H2,1H3,(H2,11,13)(H,12,14). The third kappa shape index (κ3) is 1.23. The smallest absolute Gasteiger partial charge is 0.252 e. The first kappa shape index (κ1) is 9.27. The van der Waals surface area contributed by atoms with Crippen LogP contribution in [0.15, 0.2) is 6.07 Å². The molecule has 74 valence electrons. The molecule has 5 heteroatoms. The number of carbonyl (C=O) groups excluding carboxylic acids is 1. The Hall–Kier alpha value is -1.29. The molecule has 1 amide bonds. The van der Waals surface area contributed by atoms with Gasteiger partial charge in [0, 0.05) is 5.56 Å². The zero-order valence-corrected chi connectivity index (χ0v) is 8.43. The van der Waals surface area contributed by atoms with Crippen LogP contribution in [0.25, 0.3) is 0 Å². The average molecular weight is 212 g/mol. The highest BCUT2D eigenvalue weighted by Gasteiger charge is 2.30. The summed E-state index contributed by atoms with van der Waals surface area (Å²) in [5.41, 5.74) is 6.83. The molecule has 0 aliphatic carbocycles. The van der Waals surface area contributed by atoms with Crippen molar-refractivity contribution < 1.29 is 4.79 Å². The van der Waals surface area contributed by atoms with Crippen LogP contribution in [-0.2, 0) is 0 Å². The molecule has 1 atom stereocenters. The topological polar surface area (TPSA) is 68.0 Å². The molecule has 0 radical (unpaired) electrons. The van der Waals surface area contributed by atoms with Crippen LogP contribution >= 0.6 is 11.6 Å². The molecule has 1 unspecified atom stereocenters. The Morgan fingerprint density at radius 1 is 1.71 bits per heavy atom. The quantitative estimate of drug-likeness (QED) is 0.692. The summed E-state index contributed by atoms with van der Waals surface area (Å²) in [7, 11) is 0. The molecule has 14 heavy (non-hydrogen) atoms. The van der Waals surface area contributed by atoms with Gasteiger partial charge in [-0.25, -0.2) is 4.98 Å². The molecule has 4 nitrogen and oxygen atoms in total.